The fourth-order valence-electron chi connectivity index (χ4n) is 3.67. The summed E-state index contributed by atoms with van der Waals surface area (Å²) in [4.78, 5) is 4.85. The molecule has 3 rings (SSSR count). The maximum atomic E-state index is 13.1. The van der Waals surface area contributed by atoms with Crippen molar-refractivity contribution in [3.05, 3.63) is 53.1 Å². The molecule has 1 aromatic carbocycles. The highest BCUT2D eigenvalue weighted by atomic mass is 19.1. The molecule has 1 atom stereocenters. The standard InChI is InChI=1S/C20H29FN4O/c1-3-25-14-18(16(2)22-25)13-23-9-10-24(20(15-23)8-11-26)12-17-4-6-19(21)7-5-17/h4-7,14,20,26H,3,8-13,15H2,1-2H3/t20-/m1/s1. The van der Waals surface area contributed by atoms with Crippen molar-refractivity contribution in [2.45, 2.75) is 45.9 Å². The molecule has 5 nitrogen and oxygen atoms in total. The minimum absolute atomic E-state index is 0.186. The third kappa shape index (κ3) is 4.69. The molecular weight excluding hydrogens is 331 g/mol. The molecule has 26 heavy (non-hydrogen) atoms. The van der Waals surface area contributed by atoms with Crippen molar-refractivity contribution < 1.29 is 9.50 Å². The van der Waals surface area contributed by atoms with Crippen LogP contribution in [0.5, 0.6) is 0 Å². The Labute approximate surface area is 155 Å². The van der Waals surface area contributed by atoms with E-state index in [0.29, 0.717) is 6.04 Å². The first-order valence-corrected chi connectivity index (χ1v) is 9.43. The lowest BCUT2D eigenvalue weighted by Gasteiger charge is -2.41. The van der Waals surface area contributed by atoms with Crippen molar-refractivity contribution in [3.8, 4) is 0 Å². The number of benzene rings is 1. The number of aryl methyl sites for hydroxylation is 2. The van der Waals surface area contributed by atoms with E-state index in [1.165, 1.54) is 17.7 Å². The molecule has 0 aliphatic carbocycles. The van der Waals surface area contributed by atoms with E-state index >= 15 is 0 Å². The van der Waals surface area contributed by atoms with E-state index in [-0.39, 0.29) is 12.4 Å². The van der Waals surface area contributed by atoms with Gasteiger partial charge < -0.3 is 5.11 Å². The first-order chi connectivity index (χ1) is 12.6. The summed E-state index contributed by atoms with van der Waals surface area (Å²) in [5.41, 5.74) is 3.49. The summed E-state index contributed by atoms with van der Waals surface area (Å²) in [6.45, 7) is 9.80. The third-order valence-corrected chi connectivity index (χ3v) is 5.22. The van der Waals surface area contributed by atoms with Crippen LogP contribution in [0.1, 0.15) is 30.2 Å². The molecule has 2 aromatic rings. The molecule has 0 radical (unpaired) electrons. The second-order valence-corrected chi connectivity index (χ2v) is 7.09. The second kappa shape index (κ2) is 8.75. The third-order valence-electron chi connectivity index (χ3n) is 5.22. The molecular formula is C20H29FN4O. The molecule has 1 aromatic heterocycles. The first kappa shape index (κ1) is 19.0. The Morgan fingerprint density at radius 2 is 1.96 bits per heavy atom. The molecule has 1 N–H and O–H groups in total. The molecule has 0 saturated carbocycles. The maximum Gasteiger partial charge on any atom is 0.123 e. The quantitative estimate of drug-likeness (QED) is 0.824. The Balaban J connectivity index is 1.63. The predicted octanol–water partition coefficient (Wildman–Crippen LogP) is 2.42. The van der Waals surface area contributed by atoms with Crippen LogP contribution in [0, 0.1) is 12.7 Å². The Morgan fingerprint density at radius 1 is 1.19 bits per heavy atom. The van der Waals surface area contributed by atoms with Crippen LogP contribution < -0.4 is 0 Å². The maximum absolute atomic E-state index is 13.1. The van der Waals surface area contributed by atoms with Crippen molar-refractivity contribution in [2.75, 3.05) is 26.2 Å². The molecule has 1 saturated heterocycles. The lowest BCUT2D eigenvalue weighted by molar-refractivity contribution is 0.0499. The van der Waals surface area contributed by atoms with Crippen LogP contribution in [0.2, 0.25) is 0 Å². The van der Waals surface area contributed by atoms with Gasteiger partial charge >= 0.3 is 0 Å². The van der Waals surface area contributed by atoms with Crippen LogP contribution >= 0.6 is 0 Å². The number of hydrogen-bond acceptors (Lipinski definition) is 4. The van der Waals surface area contributed by atoms with Gasteiger partial charge in [0.1, 0.15) is 5.82 Å². The molecule has 1 fully saturated rings. The summed E-state index contributed by atoms with van der Waals surface area (Å²) < 4.78 is 15.1. The van der Waals surface area contributed by atoms with E-state index in [0.717, 1.165) is 56.9 Å². The van der Waals surface area contributed by atoms with Gasteiger partial charge in [-0.1, -0.05) is 12.1 Å². The van der Waals surface area contributed by atoms with E-state index < -0.39 is 0 Å². The van der Waals surface area contributed by atoms with Crippen molar-refractivity contribution in [3.63, 3.8) is 0 Å². The summed E-state index contributed by atoms with van der Waals surface area (Å²) >= 11 is 0. The van der Waals surface area contributed by atoms with E-state index in [1.54, 1.807) is 0 Å². The van der Waals surface area contributed by atoms with Crippen LogP contribution in [-0.4, -0.2) is 57.0 Å². The summed E-state index contributed by atoms with van der Waals surface area (Å²) in [7, 11) is 0. The molecule has 0 spiro atoms. The average Bonchev–Trinajstić information content (AvgIpc) is 2.99. The SMILES string of the molecule is CCn1cc(CN2CCN(Cc3ccc(F)cc3)[C@H](CCO)C2)c(C)n1. The van der Waals surface area contributed by atoms with E-state index in [4.69, 9.17) is 0 Å². The highest BCUT2D eigenvalue weighted by Crippen LogP contribution is 2.19. The van der Waals surface area contributed by atoms with Crippen molar-refractivity contribution in [2.24, 2.45) is 0 Å². The predicted molar refractivity (Wildman–Crippen MR) is 100 cm³/mol. The van der Waals surface area contributed by atoms with Crippen molar-refractivity contribution in [1.29, 1.82) is 0 Å². The number of aliphatic hydroxyl groups excluding tert-OH is 1. The Bertz CT molecular complexity index is 700. The van der Waals surface area contributed by atoms with Crippen LogP contribution in [-0.2, 0) is 19.6 Å². The Hall–Kier alpha value is -1.76. The van der Waals surface area contributed by atoms with E-state index in [1.807, 2.05) is 16.8 Å². The number of hydrogen-bond donors (Lipinski definition) is 1. The van der Waals surface area contributed by atoms with Gasteiger partial charge in [0.05, 0.1) is 5.69 Å². The van der Waals surface area contributed by atoms with Gasteiger partial charge in [-0.3, -0.25) is 14.5 Å². The smallest absolute Gasteiger partial charge is 0.123 e. The summed E-state index contributed by atoms with van der Waals surface area (Å²) in [5.74, 6) is -0.200. The number of rotatable bonds is 7. The van der Waals surface area contributed by atoms with Gasteiger partial charge in [-0.25, -0.2) is 4.39 Å². The van der Waals surface area contributed by atoms with Gasteiger partial charge in [0, 0.05) is 63.7 Å². The normalized spacial score (nSPS) is 19.2. The molecule has 1 aliphatic heterocycles. The molecule has 2 heterocycles. The number of nitrogens with zero attached hydrogens (tertiary/aromatic N) is 4. The van der Waals surface area contributed by atoms with Gasteiger partial charge in [-0.15, -0.1) is 0 Å². The zero-order valence-corrected chi connectivity index (χ0v) is 15.7. The fraction of sp³-hybridized carbons (Fsp3) is 0.550. The van der Waals surface area contributed by atoms with E-state index in [9.17, 15) is 9.50 Å². The highest BCUT2D eigenvalue weighted by molar-refractivity contribution is 5.17. The molecule has 1 aliphatic rings. The Morgan fingerprint density at radius 3 is 2.62 bits per heavy atom. The summed E-state index contributed by atoms with van der Waals surface area (Å²) in [6, 6.07) is 7.03. The van der Waals surface area contributed by atoms with Crippen molar-refractivity contribution in [1.82, 2.24) is 19.6 Å². The lowest BCUT2D eigenvalue weighted by atomic mass is 10.1. The highest BCUT2D eigenvalue weighted by Gasteiger charge is 2.27. The first-order valence-electron chi connectivity index (χ1n) is 9.43. The van der Waals surface area contributed by atoms with Gasteiger partial charge in [-0.05, 0) is 38.0 Å². The second-order valence-electron chi connectivity index (χ2n) is 7.09. The van der Waals surface area contributed by atoms with Gasteiger partial charge in [0.15, 0.2) is 0 Å². The monoisotopic (exact) mass is 360 g/mol. The van der Waals surface area contributed by atoms with Gasteiger partial charge in [0.2, 0.25) is 0 Å². The summed E-state index contributed by atoms with van der Waals surface area (Å²) in [5, 5.41) is 14.0. The number of aliphatic hydroxyl groups is 1. The van der Waals surface area contributed by atoms with Crippen molar-refractivity contribution >= 4 is 0 Å². The summed E-state index contributed by atoms with van der Waals surface area (Å²) in [6.07, 6.45) is 2.90. The molecule has 0 amide bonds. The minimum Gasteiger partial charge on any atom is -0.396 e. The fourth-order valence-corrected chi connectivity index (χ4v) is 3.67. The van der Waals surface area contributed by atoms with E-state index in [2.05, 4.69) is 34.9 Å². The van der Waals surface area contributed by atoms with Gasteiger partial charge in [0.25, 0.3) is 0 Å². The Kier molecular flexibility index (Phi) is 6.40. The zero-order valence-electron chi connectivity index (χ0n) is 15.7. The topological polar surface area (TPSA) is 44.5 Å². The molecule has 6 heteroatoms. The zero-order chi connectivity index (χ0) is 18.5. The van der Waals surface area contributed by atoms with Gasteiger partial charge in [-0.2, -0.15) is 5.10 Å². The average molecular weight is 360 g/mol. The largest absolute Gasteiger partial charge is 0.396 e. The molecule has 0 unspecified atom stereocenters. The van der Waals surface area contributed by atoms with Crippen LogP contribution in [0.15, 0.2) is 30.5 Å². The number of halogens is 1. The van der Waals surface area contributed by atoms with Crippen LogP contribution in [0.3, 0.4) is 0 Å². The lowest BCUT2D eigenvalue weighted by Crippen LogP contribution is -2.52. The minimum atomic E-state index is -0.200. The number of piperazine rings is 1. The molecule has 142 valence electrons. The molecule has 0 bridgehead atoms. The number of aromatic nitrogens is 2. The van der Waals surface area contributed by atoms with Crippen LogP contribution in [0.4, 0.5) is 4.39 Å². The van der Waals surface area contributed by atoms with Crippen LogP contribution in [0.25, 0.3) is 0 Å².